The van der Waals surface area contributed by atoms with Gasteiger partial charge < -0.3 is 15.8 Å². The van der Waals surface area contributed by atoms with Gasteiger partial charge in [-0.2, -0.15) is 5.26 Å². The van der Waals surface area contributed by atoms with Gasteiger partial charge in [-0.1, -0.05) is 17.7 Å². The third kappa shape index (κ3) is 3.39. The van der Waals surface area contributed by atoms with E-state index in [0.717, 1.165) is 0 Å². The van der Waals surface area contributed by atoms with Gasteiger partial charge in [0, 0.05) is 23.1 Å². The molecule has 130 valence electrons. The Kier molecular flexibility index (Phi) is 4.92. The first-order chi connectivity index (χ1) is 12.5. The molecule has 0 radical (unpaired) electrons. The molecule has 0 saturated heterocycles. The maximum Gasteiger partial charge on any atom is 0.255 e. The summed E-state index contributed by atoms with van der Waals surface area (Å²) in [5.74, 6) is -0.725. The lowest BCUT2D eigenvalue weighted by Crippen LogP contribution is -2.27. The number of nitriles is 1. The number of ether oxygens (including phenoxy) is 1. The molecule has 1 aliphatic rings. The number of hydrogen-bond donors (Lipinski definition) is 2. The maximum absolute atomic E-state index is 12.9. The van der Waals surface area contributed by atoms with Crippen molar-refractivity contribution in [1.29, 1.82) is 5.26 Å². The first-order valence-corrected chi connectivity index (χ1v) is 8.14. The zero-order valence-corrected chi connectivity index (χ0v) is 14.6. The Bertz CT molecular complexity index is 944. The number of benzene rings is 1. The number of rotatable bonds is 3. The van der Waals surface area contributed by atoms with Crippen LogP contribution in [-0.4, -0.2) is 10.9 Å². The molecule has 2 heterocycles. The zero-order chi connectivity index (χ0) is 18.7. The third-order valence-corrected chi connectivity index (χ3v) is 4.22. The van der Waals surface area contributed by atoms with E-state index in [1.54, 1.807) is 55.7 Å². The van der Waals surface area contributed by atoms with Gasteiger partial charge in [-0.15, -0.1) is 0 Å². The third-order valence-electron chi connectivity index (χ3n) is 3.97. The molecular formula is C19H15ClN4O2. The number of pyridine rings is 1. The highest BCUT2D eigenvalue weighted by atomic mass is 35.5. The van der Waals surface area contributed by atoms with Gasteiger partial charge in [0.15, 0.2) is 0 Å². The van der Waals surface area contributed by atoms with Crippen LogP contribution >= 0.6 is 11.6 Å². The van der Waals surface area contributed by atoms with Crippen LogP contribution in [0, 0.1) is 11.3 Å². The van der Waals surface area contributed by atoms with Crippen molar-refractivity contribution in [3.8, 4) is 6.07 Å². The summed E-state index contributed by atoms with van der Waals surface area (Å²) in [4.78, 5) is 17.0. The van der Waals surface area contributed by atoms with E-state index in [1.165, 1.54) is 0 Å². The molecule has 2 aromatic rings. The molecular weight excluding hydrogens is 352 g/mol. The van der Waals surface area contributed by atoms with E-state index >= 15 is 0 Å². The lowest BCUT2D eigenvalue weighted by atomic mass is 9.83. The number of hydrogen-bond acceptors (Lipinski definition) is 5. The molecule has 1 aromatic heterocycles. The Labute approximate surface area is 155 Å². The highest BCUT2D eigenvalue weighted by molar-refractivity contribution is 6.30. The van der Waals surface area contributed by atoms with Crippen molar-refractivity contribution in [2.75, 3.05) is 5.32 Å². The zero-order valence-electron chi connectivity index (χ0n) is 13.9. The molecule has 6 nitrogen and oxygen atoms in total. The summed E-state index contributed by atoms with van der Waals surface area (Å²) in [5, 5.41) is 12.9. The van der Waals surface area contributed by atoms with E-state index in [9.17, 15) is 10.1 Å². The van der Waals surface area contributed by atoms with Crippen molar-refractivity contribution in [2.24, 2.45) is 5.73 Å². The van der Waals surface area contributed by atoms with Gasteiger partial charge >= 0.3 is 0 Å². The van der Waals surface area contributed by atoms with E-state index in [2.05, 4.69) is 10.3 Å². The molecule has 1 unspecified atom stereocenters. The molecule has 1 amide bonds. The van der Waals surface area contributed by atoms with Gasteiger partial charge in [-0.3, -0.25) is 9.78 Å². The molecule has 7 heteroatoms. The number of amides is 1. The highest BCUT2D eigenvalue weighted by Gasteiger charge is 2.35. The molecule has 1 aliphatic heterocycles. The fraction of sp³-hybridized carbons (Fsp3) is 0.105. The van der Waals surface area contributed by atoms with Crippen molar-refractivity contribution >= 4 is 23.2 Å². The van der Waals surface area contributed by atoms with Crippen LogP contribution in [0.1, 0.15) is 18.4 Å². The number of allylic oxidation sites excluding steroid dienone is 2. The number of anilines is 1. The minimum atomic E-state index is -0.658. The van der Waals surface area contributed by atoms with Crippen molar-refractivity contribution in [1.82, 2.24) is 4.98 Å². The second kappa shape index (κ2) is 7.30. The molecule has 0 fully saturated rings. The molecule has 1 aromatic carbocycles. The van der Waals surface area contributed by atoms with E-state index in [-0.39, 0.29) is 17.4 Å². The standard InChI is InChI=1S/C19H15ClN4O2/c1-11-16(19(25)24-14-6-4-13(20)5-7-14)17(12-3-2-8-23-10-12)15(9-21)18(22)26-11/h2-8,10,17H,22H2,1H3,(H,24,25). The van der Waals surface area contributed by atoms with Crippen LogP contribution in [0.2, 0.25) is 5.02 Å². The SMILES string of the molecule is CC1=C(C(=O)Nc2ccc(Cl)cc2)C(c2cccnc2)C(C#N)=C(N)O1. The predicted octanol–water partition coefficient (Wildman–Crippen LogP) is 3.46. The molecule has 0 aliphatic carbocycles. The number of nitrogens with one attached hydrogen (secondary N) is 1. The quantitative estimate of drug-likeness (QED) is 0.866. The van der Waals surface area contributed by atoms with Crippen LogP contribution in [0.3, 0.4) is 0 Å². The monoisotopic (exact) mass is 366 g/mol. The topological polar surface area (TPSA) is 101 Å². The lowest BCUT2D eigenvalue weighted by Gasteiger charge is -2.27. The van der Waals surface area contributed by atoms with Crippen molar-refractivity contribution < 1.29 is 9.53 Å². The Hall–Kier alpha value is -3.30. The van der Waals surface area contributed by atoms with Crippen LogP contribution in [0.5, 0.6) is 0 Å². The van der Waals surface area contributed by atoms with Gasteiger partial charge in [0.25, 0.3) is 5.91 Å². The molecule has 3 N–H and O–H groups in total. The van der Waals surface area contributed by atoms with Crippen LogP contribution < -0.4 is 11.1 Å². The summed E-state index contributed by atoms with van der Waals surface area (Å²) < 4.78 is 5.44. The van der Waals surface area contributed by atoms with Crippen molar-refractivity contribution in [3.63, 3.8) is 0 Å². The summed E-state index contributed by atoms with van der Waals surface area (Å²) >= 11 is 5.87. The lowest BCUT2D eigenvalue weighted by molar-refractivity contribution is -0.113. The number of carbonyl (C=O) groups excluding carboxylic acids is 1. The van der Waals surface area contributed by atoms with Crippen LogP contribution in [-0.2, 0) is 9.53 Å². The fourth-order valence-corrected chi connectivity index (χ4v) is 2.91. The van der Waals surface area contributed by atoms with E-state index < -0.39 is 5.92 Å². The van der Waals surface area contributed by atoms with Gasteiger partial charge in [-0.25, -0.2) is 0 Å². The van der Waals surface area contributed by atoms with Gasteiger partial charge in [0.05, 0.1) is 11.5 Å². The highest BCUT2D eigenvalue weighted by Crippen LogP contribution is 2.39. The molecule has 3 rings (SSSR count). The van der Waals surface area contributed by atoms with Crippen molar-refractivity contribution in [3.05, 3.63) is 82.2 Å². The second-order valence-corrected chi connectivity index (χ2v) is 6.08. The minimum absolute atomic E-state index is 0.0121. The predicted molar refractivity (Wildman–Crippen MR) is 97.7 cm³/mol. The Morgan fingerprint density at radius 1 is 1.35 bits per heavy atom. The van der Waals surface area contributed by atoms with Gasteiger partial charge in [0.1, 0.15) is 17.4 Å². The first-order valence-electron chi connectivity index (χ1n) is 7.76. The smallest absolute Gasteiger partial charge is 0.255 e. The molecule has 0 spiro atoms. The Morgan fingerprint density at radius 2 is 2.08 bits per heavy atom. The normalized spacial score (nSPS) is 16.7. The van der Waals surface area contributed by atoms with Crippen LogP contribution in [0.25, 0.3) is 0 Å². The van der Waals surface area contributed by atoms with E-state index in [1.807, 2.05) is 6.07 Å². The molecule has 1 atom stereocenters. The number of carbonyl (C=O) groups is 1. The van der Waals surface area contributed by atoms with E-state index in [4.69, 9.17) is 22.1 Å². The minimum Gasteiger partial charge on any atom is -0.445 e. The maximum atomic E-state index is 12.9. The summed E-state index contributed by atoms with van der Waals surface area (Å²) in [6.45, 7) is 1.64. The number of nitrogens with zero attached hydrogens (tertiary/aromatic N) is 2. The summed E-state index contributed by atoms with van der Waals surface area (Å²) in [6.07, 6.45) is 3.22. The number of aromatic nitrogens is 1. The second-order valence-electron chi connectivity index (χ2n) is 5.64. The molecule has 26 heavy (non-hydrogen) atoms. The van der Waals surface area contributed by atoms with Gasteiger partial charge in [0.2, 0.25) is 5.88 Å². The Balaban J connectivity index is 2.02. The molecule has 0 saturated carbocycles. The summed E-state index contributed by atoms with van der Waals surface area (Å²) in [7, 11) is 0. The van der Waals surface area contributed by atoms with Crippen molar-refractivity contribution in [2.45, 2.75) is 12.8 Å². The largest absolute Gasteiger partial charge is 0.445 e. The van der Waals surface area contributed by atoms with Gasteiger partial charge in [-0.05, 0) is 42.8 Å². The van der Waals surface area contributed by atoms with Crippen LogP contribution in [0.15, 0.2) is 71.6 Å². The number of nitrogens with two attached hydrogens (primary N) is 1. The van der Waals surface area contributed by atoms with Crippen LogP contribution in [0.4, 0.5) is 5.69 Å². The number of halogens is 1. The fourth-order valence-electron chi connectivity index (χ4n) is 2.79. The van der Waals surface area contributed by atoms with E-state index in [0.29, 0.717) is 27.6 Å². The molecule has 0 bridgehead atoms. The summed E-state index contributed by atoms with van der Waals surface area (Å²) in [5.41, 5.74) is 7.60. The first kappa shape index (κ1) is 17.5. The average molecular weight is 367 g/mol. The average Bonchev–Trinajstić information content (AvgIpc) is 2.63. The Morgan fingerprint density at radius 3 is 2.69 bits per heavy atom. The summed E-state index contributed by atoms with van der Waals surface area (Å²) in [6, 6.07) is 12.3.